The van der Waals surface area contributed by atoms with E-state index >= 15 is 0 Å². The fourth-order valence-electron chi connectivity index (χ4n) is 0.932. The summed E-state index contributed by atoms with van der Waals surface area (Å²) < 4.78 is 5.12. The summed E-state index contributed by atoms with van der Waals surface area (Å²) in [6.07, 6.45) is 3.09. The fraction of sp³-hybridized carbons (Fsp3) is 0.556. The van der Waals surface area contributed by atoms with Gasteiger partial charge in [-0.25, -0.2) is 4.79 Å². The molecule has 14 heavy (non-hydrogen) atoms. The Balaban J connectivity index is 2.63. The molecule has 1 rings (SSSR count). The topological polar surface area (TPSA) is 81.0 Å². The smallest absolute Gasteiger partial charge is 0.328 e. The van der Waals surface area contributed by atoms with E-state index in [4.69, 9.17) is 10.5 Å². The first kappa shape index (κ1) is 10.7. The maximum absolute atomic E-state index is 11.5. The summed E-state index contributed by atoms with van der Waals surface area (Å²) in [5.74, 6) is -0.445. The number of nitrogens with zero attached hydrogens (tertiary/aromatic N) is 1. The van der Waals surface area contributed by atoms with E-state index in [1.54, 1.807) is 27.0 Å². The van der Waals surface area contributed by atoms with E-state index in [9.17, 15) is 4.79 Å². The predicted molar refractivity (Wildman–Crippen MR) is 51.4 cm³/mol. The molecular weight excluding hydrogens is 182 g/mol. The molecule has 3 N–H and O–H groups in total. The lowest BCUT2D eigenvalue weighted by Crippen LogP contribution is -2.31. The quantitative estimate of drug-likeness (QED) is 0.685. The van der Waals surface area contributed by atoms with E-state index < -0.39 is 17.6 Å². The van der Waals surface area contributed by atoms with Gasteiger partial charge in [0.25, 0.3) is 0 Å². The van der Waals surface area contributed by atoms with E-state index in [2.05, 4.69) is 10.2 Å². The molecule has 0 aliphatic carbocycles. The predicted octanol–water partition coefficient (Wildman–Crippen LogP) is 0.751. The van der Waals surface area contributed by atoms with Crippen molar-refractivity contribution in [2.45, 2.75) is 32.4 Å². The van der Waals surface area contributed by atoms with E-state index in [0.29, 0.717) is 5.56 Å². The molecule has 5 heteroatoms. The van der Waals surface area contributed by atoms with Crippen molar-refractivity contribution in [1.82, 2.24) is 10.2 Å². The van der Waals surface area contributed by atoms with Gasteiger partial charge >= 0.3 is 5.97 Å². The first-order chi connectivity index (χ1) is 6.40. The molecule has 0 amide bonds. The highest BCUT2D eigenvalue weighted by Crippen LogP contribution is 2.14. The number of esters is 1. The molecule has 5 nitrogen and oxygen atoms in total. The summed E-state index contributed by atoms with van der Waals surface area (Å²) in [5, 5.41) is 6.30. The van der Waals surface area contributed by atoms with Crippen LogP contribution >= 0.6 is 0 Å². The third kappa shape index (κ3) is 2.85. The Morgan fingerprint density at radius 1 is 1.64 bits per heavy atom. The lowest BCUT2D eigenvalue weighted by Gasteiger charge is -2.21. The molecule has 0 bridgehead atoms. The number of aromatic amines is 1. The summed E-state index contributed by atoms with van der Waals surface area (Å²) in [6, 6.07) is -0.770. The number of aromatic nitrogens is 2. The minimum absolute atomic E-state index is 0.445. The second-order valence-corrected chi connectivity index (χ2v) is 4.04. The van der Waals surface area contributed by atoms with Gasteiger partial charge in [-0.15, -0.1) is 0 Å². The van der Waals surface area contributed by atoms with Crippen LogP contribution in [0.15, 0.2) is 12.4 Å². The number of nitrogens with two attached hydrogens (primary N) is 1. The second kappa shape index (κ2) is 3.79. The molecule has 0 unspecified atom stereocenters. The van der Waals surface area contributed by atoms with Crippen molar-refractivity contribution in [1.29, 1.82) is 0 Å². The Bertz CT molecular complexity index is 300. The Morgan fingerprint density at radius 2 is 2.29 bits per heavy atom. The van der Waals surface area contributed by atoms with Crippen LogP contribution < -0.4 is 5.73 Å². The number of carbonyl (C=O) groups excluding carboxylic acids is 1. The SMILES string of the molecule is CC(C)(C)OC(=O)[C@H](N)c1cn[nH]c1. The molecule has 78 valence electrons. The van der Waals surface area contributed by atoms with Crippen molar-refractivity contribution in [3.63, 3.8) is 0 Å². The molecule has 0 saturated carbocycles. The van der Waals surface area contributed by atoms with Gasteiger partial charge in [0.1, 0.15) is 11.6 Å². The highest BCUT2D eigenvalue weighted by molar-refractivity contribution is 5.77. The molecule has 0 spiro atoms. The zero-order valence-electron chi connectivity index (χ0n) is 8.57. The number of hydrogen-bond donors (Lipinski definition) is 2. The molecule has 1 aromatic rings. The lowest BCUT2D eigenvalue weighted by molar-refractivity contribution is -0.156. The number of hydrogen-bond acceptors (Lipinski definition) is 4. The van der Waals surface area contributed by atoms with Gasteiger partial charge in [0, 0.05) is 11.8 Å². The molecule has 1 aromatic heterocycles. The minimum Gasteiger partial charge on any atom is -0.459 e. The maximum Gasteiger partial charge on any atom is 0.328 e. The van der Waals surface area contributed by atoms with Crippen LogP contribution in [-0.2, 0) is 9.53 Å². The van der Waals surface area contributed by atoms with Crippen molar-refractivity contribution in [3.05, 3.63) is 18.0 Å². The number of H-pyrrole nitrogens is 1. The Hall–Kier alpha value is -1.36. The first-order valence-corrected chi connectivity index (χ1v) is 4.37. The Morgan fingerprint density at radius 3 is 2.71 bits per heavy atom. The summed E-state index contributed by atoms with van der Waals surface area (Å²) in [4.78, 5) is 11.5. The van der Waals surface area contributed by atoms with Crippen LogP contribution in [-0.4, -0.2) is 21.8 Å². The van der Waals surface area contributed by atoms with E-state index in [1.807, 2.05) is 0 Å². The van der Waals surface area contributed by atoms with Gasteiger partial charge in [-0.1, -0.05) is 0 Å². The van der Waals surface area contributed by atoms with Crippen molar-refractivity contribution in [2.75, 3.05) is 0 Å². The largest absolute Gasteiger partial charge is 0.459 e. The average Bonchev–Trinajstić information content (AvgIpc) is 2.51. The van der Waals surface area contributed by atoms with Crippen LogP contribution in [0.25, 0.3) is 0 Å². The molecule has 0 aromatic carbocycles. The fourth-order valence-corrected chi connectivity index (χ4v) is 0.932. The zero-order chi connectivity index (χ0) is 10.8. The van der Waals surface area contributed by atoms with Gasteiger partial charge in [-0.2, -0.15) is 5.10 Å². The number of nitrogens with one attached hydrogen (secondary N) is 1. The minimum atomic E-state index is -0.770. The molecule has 1 atom stereocenters. The van der Waals surface area contributed by atoms with Crippen LogP contribution in [0, 0.1) is 0 Å². The van der Waals surface area contributed by atoms with E-state index in [-0.39, 0.29) is 0 Å². The van der Waals surface area contributed by atoms with Crippen molar-refractivity contribution in [3.8, 4) is 0 Å². The molecule has 0 fully saturated rings. The average molecular weight is 197 g/mol. The van der Waals surface area contributed by atoms with Crippen LogP contribution in [0.2, 0.25) is 0 Å². The maximum atomic E-state index is 11.5. The Kier molecular flexibility index (Phi) is 2.90. The first-order valence-electron chi connectivity index (χ1n) is 4.37. The van der Waals surface area contributed by atoms with Crippen LogP contribution in [0.5, 0.6) is 0 Å². The van der Waals surface area contributed by atoms with Gasteiger partial charge in [0.15, 0.2) is 0 Å². The summed E-state index contributed by atoms with van der Waals surface area (Å²) in [6.45, 7) is 5.40. The summed E-state index contributed by atoms with van der Waals surface area (Å²) in [5.41, 5.74) is 5.76. The second-order valence-electron chi connectivity index (χ2n) is 4.04. The van der Waals surface area contributed by atoms with Crippen molar-refractivity contribution in [2.24, 2.45) is 5.73 Å². The molecule has 0 radical (unpaired) electrons. The van der Waals surface area contributed by atoms with Gasteiger partial charge in [0.2, 0.25) is 0 Å². The lowest BCUT2D eigenvalue weighted by atomic mass is 10.1. The van der Waals surface area contributed by atoms with Crippen LogP contribution in [0.1, 0.15) is 32.4 Å². The normalized spacial score (nSPS) is 13.7. The van der Waals surface area contributed by atoms with Gasteiger partial charge in [-0.3, -0.25) is 5.10 Å². The third-order valence-corrected chi connectivity index (χ3v) is 1.54. The molecule has 0 aliphatic heterocycles. The summed E-state index contributed by atoms with van der Waals surface area (Å²) in [7, 11) is 0. The van der Waals surface area contributed by atoms with E-state index in [0.717, 1.165) is 0 Å². The van der Waals surface area contributed by atoms with Crippen molar-refractivity contribution < 1.29 is 9.53 Å². The molecule has 0 aliphatic rings. The monoisotopic (exact) mass is 197 g/mol. The molecular formula is C9H15N3O2. The molecule has 1 heterocycles. The number of rotatable bonds is 2. The van der Waals surface area contributed by atoms with Crippen LogP contribution in [0.4, 0.5) is 0 Å². The van der Waals surface area contributed by atoms with Gasteiger partial charge < -0.3 is 10.5 Å². The highest BCUT2D eigenvalue weighted by Gasteiger charge is 2.23. The zero-order valence-corrected chi connectivity index (χ0v) is 8.57. The van der Waals surface area contributed by atoms with Gasteiger partial charge in [0.05, 0.1) is 6.20 Å². The highest BCUT2D eigenvalue weighted by atomic mass is 16.6. The third-order valence-electron chi connectivity index (χ3n) is 1.54. The standard InChI is InChI=1S/C9H15N3O2/c1-9(2,3)14-8(13)7(10)6-4-11-12-5-6/h4-5,7H,10H2,1-3H3,(H,11,12)/t7-/m1/s1. The van der Waals surface area contributed by atoms with Crippen LogP contribution in [0.3, 0.4) is 0 Å². The number of carbonyl (C=O) groups is 1. The molecule has 0 saturated heterocycles. The summed E-state index contributed by atoms with van der Waals surface area (Å²) >= 11 is 0. The van der Waals surface area contributed by atoms with Gasteiger partial charge in [-0.05, 0) is 20.8 Å². The number of ether oxygens (including phenoxy) is 1. The van der Waals surface area contributed by atoms with Crippen molar-refractivity contribution >= 4 is 5.97 Å². The van der Waals surface area contributed by atoms with E-state index in [1.165, 1.54) is 6.20 Å². The Labute approximate surface area is 82.6 Å².